The highest BCUT2D eigenvalue weighted by Gasteiger charge is 2.29. The van der Waals surface area contributed by atoms with Crippen LogP contribution in [0.4, 0.5) is 0 Å². The van der Waals surface area contributed by atoms with E-state index in [2.05, 4.69) is 0 Å². The maximum Gasteiger partial charge on any atom is 0.306 e. The fraction of sp³-hybridized carbons (Fsp3) is 0.889. The number of ether oxygens (including phenoxy) is 1. The maximum atomic E-state index is 11.2. The first kappa shape index (κ1) is 10.9. The van der Waals surface area contributed by atoms with E-state index < -0.39 is 6.10 Å². The van der Waals surface area contributed by atoms with Gasteiger partial charge in [-0.15, -0.1) is 0 Å². The van der Waals surface area contributed by atoms with E-state index in [-0.39, 0.29) is 12.1 Å². The van der Waals surface area contributed by atoms with E-state index in [4.69, 9.17) is 4.74 Å². The molecule has 0 aromatic rings. The summed E-state index contributed by atoms with van der Waals surface area (Å²) in [5.74, 6) is 1.53. The summed E-state index contributed by atoms with van der Waals surface area (Å²) in [5, 5.41) is 9.37. The summed E-state index contributed by atoms with van der Waals surface area (Å²) in [6, 6.07) is 0. The van der Waals surface area contributed by atoms with Crippen molar-refractivity contribution in [3.63, 3.8) is 0 Å². The molecule has 1 N–H and O–H groups in total. The lowest BCUT2D eigenvalue weighted by Gasteiger charge is -2.15. The van der Waals surface area contributed by atoms with Gasteiger partial charge in [0.25, 0.3) is 0 Å². The van der Waals surface area contributed by atoms with Crippen LogP contribution in [-0.4, -0.2) is 34.8 Å². The van der Waals surface area contributed by atoms with Gasteiger partial charge < -0.3 is 9.84 Å². The normalized spacial score (nSPS) is 28.0. The van der Waals surface area contributed by atoms with E-state index in [1.54, 1.807) is 11.8 Å². The number of rotatable bonds is 3. The third-order valence-electron chi connectivity index (χ3n) is 1.86. The molecule has 1 aliphatic rings. The molecule has 0 radical (unpaired) electrons. The van der Waals surface area contributed by atoms with Crippen molar-refractivity contribution >= 4 is 17.7 Å². The topological polar surface area (TPSA) is 46.5 Å². The van der Waals surface area contributed by atoms with Crippen LogP contribution in [0.5, 0.6) is 0 Å². The molecule has 1 aliphatic heterocycles. The zero-order valence-electron chi connectivity index (χ0n) is 8.03. The number of aliphatic hydroxyl groups is 1. The van der Waals surface area contributed by atoms with Gasteiger partial charge in [-0.3, -0.25) is 4.79 Å². The summed E-state index contributed by atoms with van der Waals surface area (Å²) >= 11 is 1.62. The van der Waals surface area contributed by atoms with Crippen molar-refractivity contribution in [3.05, 3.63) is 0 Å². The number of esters is 1. The Morgan fingerprint density at radius 2 is 2.31 bits per heavy atom. The first-order valence-corrected chi connectivity index (χ1v) is 5.70. The summed E-state index contributed by atoms with van der Waals surface area (Å²) in [7, 11) is 0. The van der Waals surface area contributed by atoms with Crippen LogP contribution in [0, 0.1) is 5.92 Å². The number of hydrogen-bond acceptors (Lipinski definition) is 4. The lowest BCUT2D eigenvalue weighted by Crippen LogP contribution is -2.29. The van der Waals surface area contributed by atoms with Gasteiger partial charge in [0, 0.05) is 17.9 Å². The highest BCUT2D eigenvalue weighted by atomic mass is 32.2. The SMILES string of the molecule is CC(C)CC(=O)OC1CSCC1O. The van der Waals surface area contributed by atoms with Crippen molar-refractivity contribution in [1.29, 1.82) is 0 Å². The molecule has 1 rings (SSSR count). The van der Waals surface area contributed by atoms with Gasteiger partial charge in [-0.25, -0.2) is 0 Å². The van der Waals surface area contributed by atoms with E-state index in [9.17, 15) is 9.90 Å². The summed E-state index contributed by atoms with van der Waals surface area (Å²) in [6.07, 6.45) is -0.314. The zero-order valence-corrected chi connectivity index (χ0v) is 8.84. The van der Waals surface area contributed by atoms with E-state index in [1.165, 1.54) is 0 Å². The molecule has 1 fully saturated rings. The van der Waals surface area contributed by atoms with Crippen LogP contribution in [0.25, 0.3) is 0 Å². The first-order valence-electron chi connectivity index (χ1n) is 4.55. The minimum atomic E-state index is -0.471. The zero-order chi connectivity index (χ0) is 9.84. The molecule has 0 aliphatic carbocycles. The number of carbonyl (C=O) groups excluding carboxylic acids is 1. The maximum absolute atomic E-state index is 11.2. The van der Waals surface area contributed by atoms with Crippen LogP contribution in [0.3, 0.4) is 0 Å². The molecule has 2 atom stereocenters. The number of hydrogen-bond donors (Lipinski definition) is 1. The van der Waals surface area contributed by atoms with Crippen LogP contribution in [0.1, 0.15) is 20.3 Å². The van der Waals surface area contributed by atoms with Gasteiger partial charge in [-0.1, -0.05) is 13.8 Å². The van der Waals surface area contributed by atoms with Crippen LogP contribution >= 0.6 is 11.8 Å². The van der Waals surface area contributed by atoms with Crippen LogP contribution in [-0.2, 0) is 9.53 Å². The average Bonchev–Trinajstić information content (AvgIpc) is 2.34. The fourth-order valence-corrected chi connectivity index (χ4v) is 2.30. The molecule has 0 saturated carbocycles. The summed E-state index contributed by atoms with van der Waals surface area (Å²) < 4.78 is 5.12. The number of carbonyl (C=O) groups is 1. The highest BCUT2D eigenvalue weighted by Crippen LogP contribution is 2.21. The van der Waals surface area contributed by atoms with Crippen molar-refractivity contribution < 1.29 is 14.6 Å². The van der Waals surface area contributed by atoms with E-state index in [0.717, 1.165) is 5.75 Å². The number of thioether (sulfide) groups is 1. The molecule has 0 aromatic carbocycles. The van der Waals surface area contributed by atoms with Gasteiger partial charge in [-0.05, 0) is 5.92 Å². The van der Waals surface area contributed by atoms with Crippen LogP contribution in [0.15, 0.2) is 0 Å². The van der Waals surface area contributed by atoms with Crippen molar-refractivity contribution in [2.45, 2.75) is 32.5 Å². The monoisotopic (exact) mass is 204 g/mol. The summed E-state index contributed by atoms with van der Waals surface area (Å²) in [5.41, 5.74) is 0. The Balaban J connectivity index is 2.27. The molecule has 1 saturated heterocycles. The minimum absolute atomic E-state index is 0.193. The molecule has 0 bridgehead atoms. The largest absolute Gasteiger partial charge is 0.459 e. The quantitative estimate of drug-likeness (QED) is 0.698. The Morgan fingerprint density at radius 1 is 1.62 bits per heavy atom. The standard InChI is InChI=1S/C9H16O3S/c1-6(2)3-9(11)12-8-5-13-4-7(8)10/h6-8,10H,3-5H2,1-2H3. The van der Waals surface area contributed by atoms with Crippen LogP contribution < -0.4 is 0 Å². The van der Waals surface area contributed by atoms with Gasteiger partial charge in [0.2, 0.25) is 0 Å². The molecule has 0 amide bonds. The van der Waals surface area contributed by atoms with Gasteiger partial charge in [-0.2, -0.15) is 11.8 Å². The summed E-state index contributed by atoms with van der Waals surface area (Å²) in [4.78, 5) is 11.2. The Bertz CT molecular complexity index is 182. The fourth-order valence-electron chi connectivity index (χ4n) is 1.19. The lowest BCUT2D eigenvalue weighted by molar-refractivity contribution is -0.152. The molecule has 1 heterocycles. The van der Waals surface area contributed by atoms with Crippen molar-refractivity contribution in [3.8, 4) is 0 Å². The van der Waals surface area contributed by atoms with Gasteiger partial charge in [0.1, 0.15) is 12.2 Å². The molecular weight excluding hydrogens is 188 g/mol. The summed E-state index contributed by atoms with van der Waals surface area (Å²) in [6.45, 7) is 3.95. The third-order valence-corrected chi connectivity index (χ3v) is 3.00. The smallest absolute Gasteiger partial charge is 0.306 e. The van der Waals surface area contributed by atoms with Gasteiger partial charge in [0.05, 0.1) is 0 Å². The Kier molecular flexibility index (Phi) is 4.06. The second-order valence-electron chi connectivity index (χ2n) is 3.73. The first-order chi connectivity index (χ1) is 6.09. The lowest BCUT2D eigenvalue weighted by atomic mass is 10.1. The van der Waals surface area contributed by atoms with E-state index >= 15 is 0 Å². The molecule has 76 valence electrons. The predicted molar refractivity (Wildman–Crippen MR) is 52.7 cm³/mol. The minimum Gasteiger partial charge on any atom is -0.459 e. The highest BCUT2D eigenvalue weighted by molar-refractivity contribution is 7.99. The predicted octanol–water partition coefficient (Wildman–Crippen LogP) is 1.05. The second kappa shape index (κ2) is 4.86. The molecule has 0 spiro atoms. The molecule has 0 aromatic heterocycles. The molecular formula is C9H16O3S. The van der Waals surface area contributed by atoms with Crippen molar-refractivity contribution in [2.24, 2.45) is 5.92 Å². The van der Waals surface area contributed by atoms with Crippen molar-refractivity contribution in [2.75, 3.05) is 11.5 Å². The van der Waals surface area contributed by atoms with Crippen LogP contribution in [0.2, 0.25) is 0 Å². The molecule has 2 unspecified atom stereocenters. The Hall–Kier alpha value is -0.220. The molecule has 3 nitrogen and oxygen atoms in total. The van der Waals surface area contributed by atoms with Crippen molar-refractivity contribution in [1.82, 2.24) is 0 Å². The molecule has 4 heteroatoms. The van der Waals surface area contributed by atoms with E-state index in [0.29, 0.717) is 18.1 Å². The third kappa shape index (κ3) is 3.56. The van der Waals surface area contributed by atoms with Gasteiger partial charge in [0.15, 0.2) is 0 Å². The Labute approximate surface area is 82.8 Å². The Morgan fingerprint density at radius 3 is 2.77 bits per heavy atom. The molecule has 13 heavy (non-hydrogen) atoms. The second-order valence-corrected chi connectivity index (χ2v) is 4.81. The van der Waals surface area contributed by atoms with Gasteiger partial charge >= 0.3 is 5.97 Å². The average molecular weight is 204 g/mol. The number of aliphatic hydroxyl groups excluding tert-OH is 1. The van der Waals surface area contributed by atoms with E-state index in [1.807, 2.05) is 13.8 Å².